The van der Waals surface area contributed by atoms with Crippen LogP contribution >= 0.6 is 0 Å². The molecule has 3 saturated carbocycles. The SMILES string of the molecule is O=C1C2CCC(C2)C12CCC2. The Morgan fingerprint density at radius 1 is 1.27 bits per heavy atom. The number of fused-ring (bicyclic) bond motifs is 3. The Balaban J connectivity index is 2.00. The maximum Gasteiger partial charge on any atom is 0.142 e. The molecule has 1 nitrogen and oxygen atoms in total. The van der Waals surface area contributed by atoms with E-state index in [1.54, 1.807) is 0 Å². The molecule has 0 amide bonds. The zero-order valence-electron chi connectivity index (χ0n) is 6.81. The van der Waals surface area contributed by atoms with Gasteiger partial charge < -0.3 is 0 Å². The van der Waals surface area contributed by atoms with E-state index >= 15 is 0 Å². The van der Waals surface area contributed by atoms with Gasteiger partial charge in [0.15, 0.2) is 0 Å². The molecule has 1 heteroatoms. The third-order valence-corrected chi connectivity index (χ3v) is 4.32. The van der Waals surface area contributed by atoms with Crippen LogP contribution in [0.15, 0.2) is 0 Å². The van der Waals surface area contributed by atoms with E-state index in [0.29, 0.717) is 11.7 Å². The highest BCUT2D eigenvalue weighted by Gasteiger charge is 2.59. The maximum absolute atomic E-state index is 11.8. The Hall–Kier alpha value is -0.330. The maximum atomic E-state index is 11.8. The second kappa shape index (κ2) is 1.70. The molecule has 3 aliphatic carbocycles. The molecule has 60 valence electrons. The first-order chi connectivity index (χ1) is 5.33. The molecule has 1 spiro atoms. The van der Waals surface area contributed by atoms with Crippen LogP contribution in [0.25, 0.3) is 0 Å². The van der Waals surface area contributed by atoms with Crippen molar-refractivity contribution in [3.8, 4) is 0 Å². The normalized spacial score (nSPS) is 44.9. The molecular formula is C10H14O. The highest BCUT2D eigenvalue weighted by Crippen LogP contribution is 2.62. The van der Waals surface area contributed by atoms with Crippen molar-refractivity contribution in [2.24, 2.45) is 17.3 Å². The van der Waals surface area contributed by atoms with E-state index in [0.717, 1.165) is 5.92 Å². The highest BCUT2D eigenvalue weighted by molar-refractivity contribution is 5.91. The van der Waals surface area contributed by atoms with Crippen LogP contribution in [0.2, 0.25) is 0 Å². The molecule has 0 saturated heterocycles. The monoisotopic (exact) mass is 150 g/mol. The zero-order valence-corrected chi connectivity index (χ0v) is 6.81. The van der Waals surface area contributed by atoms with Crippen molar-refractivity contribution in [1.82, 2.24) is 0 Å². The molecule has 3 aliphatic rings. The minimum atomic E-state index is 0.253. The summed E-state index contributed by atoms with van der Waals surface area (Å²) in [4.78, 5) is 11.8. The van der Waals surface area contributed by atoms with E-state index < -0.39 is 0 Å². The summed E-state index contributed by atoms with van der Waals surface area (Å²) >= 11 is 0. The molecule has 0 aromatic rings. The van der Waals surface area contributed by atoms with Crippen molar-refractivity contribution in [2.45, 2.75) is 38.5 Å². The van der Waals surface area contributed by atoms with Gasteiger partial charge in [0.1, 0.15) is 5.78 Å². The predicted octanol–water partition coefficient (Wildman–Crippen LogP) is 2.16. The molecule has 0 N–H and O–H groups in total. The van der Waals surface area contributed by atoms with Gasteiger partial charge in [-0.1, -0.05) is 6.42 Å². The number of Topliss-reactive ketones (excluding diaryl/α,β-unsaturated/α-hetero) is 1. The fraction of sp³-hybridized carbons (Fsp3) is 0.900. The van der Waals surface area contributed by atoms with Crippen LogP contribution in [0.5, 0.6) is 0 Å². The molecule has 11 heavy (non-hydrogen) atoms. The van der Waals surface area contributed by atoms with Crippen LogP contribution < -0.4 is 0 Å². The summed E-state index contributed by atoms with van der Waals surface area (Å²) in [5.41, 5.74) is 0.253. The Bertz CT molecular complexity index is 215. The predicted molar refractivity (Wildman–Crippen MR) is 42.1 cm³/mol. The standard InChI is InChI=1S/C10H14O/c11-9-7-2-3-8(6-7)10(9)4-1-5-10/h7-8H,1-6H2. The van der Waals surface area contributed by atoms with E-state index in [1.165, 1.54) is 38.5 Å². The minimum absolute atomic E-state index is 0.253. The first-order valence-electron chi connectivity index (χ1n) is 4.87. The van der Waals surface area contributed by atoms with Crippen molar-refractivity contribution in [2.75, 3.05) is 0 Å². The Kier molecular flexibility index (Phi) is 0.961. The van der Waals surface area contributed by atoms with E-state index in [-0.39, 0.29) is 5.41 Å². The number of hydrogen-bond donors (Lipinski definition) is 0. The Labute approximate surface area is 67.2 Å². The van der Waals surface area contributed by atoms with Crippen LogP contribution in [0, 0.1) is 17.3 Å². The van der Waals surface area contributed by atoms with Crippen molar-refractivity contribution in [3.05, 3.63) is 0 Å². The lowest BCUT2D eigenvalue weighted by atomic mass is 9.59. The summed E-state index contributed by atoms with van der Waals surface area (Å²) in [5.74, 6) is 1.97. The third-order valence-electron chi connectivity index (χ3n) is 4.32. The molecule has 0 heterocycles. The van der Waals surface area contributed by atoms with Gasteiger partial charge in [-0.2, -0.15) is 0 Å². The molecule has 3 rings (SSSR count). The van der Waals surface area contributed by atoms with Crippen molar-refractivity contribution in [1.29, 1.82) is 0 Å². The van der Waals surface area contributed by atoms with Crippen LogP contribution in [0.1, 0.15) is 38.5 Å². The topological polar surface area (TPSA) is 17.1 Å². The van der Waals surface area contributed by atoms with E-state index in [9.17, 15) is 4.79 Å². The summed E-state index contributed by atoms with van der Waals surface area (Å²) in [5, 5.41) is 0. The smallest absolute Gasteiger partial charge is 0.142 e. The zero-order chi connectivity index (χ0) is 7.47. The van der Waals surface area contributed by atoms with Crippen LogP contribution in [0.4, 0.5) is 0 Å². The number of ketones is 1. The molecule has 0 aromatic heterocycles. The second-order valence-corrected chi connectivity index (χ2v) is 4.58. The van der Waals surface area contributed by atoms with E-state index in [4.69, 9.17) is 0 Å². The lowest BCUT2D eigenvalue weighted by Crippen LogP contribution is -2.42. The molecule has 3 fully saturated rings. The first-order valence-corrected chi connectivity index (χ1v) is 4.87. The van der Waals surface area contributed by atoms with Crippen LogP contribution in [-0.2, 0) is 4.79 Å². The largest absolute Gasteiger partial charge is 0.299 e. The summed E-state index contributed by atoms with van der Waals surface area (Å²) in [6.07, 6.45) is 7.59. The summed E-state index contributed by atoms with van der Waals surface area (Å²) in [6.45, 7) is 0. The van der Waals surface area contributed by atoms with Crippen molar-refractivity contribution < 1.29 is 4.79 Å². The van der Waals surface area contributed by atoms with Crippen LogP contribution in [-0.4, -0.2) is 5.78 Å². The first kappa shape index (κ1) is 6.22. The lowest BCUT2D eigenvalue weighted by molar-refractivity contribution is -0.137. The van der Waals surface area contributed by atoms with Crippen molar-refractivity contribution >= 4 is 5.78 Å². The number of carbonyl (C=O) groups excluding carboxylic acids is 1. The van der Waals surface area contributed by atoms with Gasteiger partial charge in [0, 0.05) is 11.3 Å². The number of hydrogen-bond acceptors (Lipinski definition) is 1. The van der Waals surface area contributed by atoms with Gasteiger partial charge in [0.25, 0.3) is 0 Å². The van der Waals surface area contributed by atoms with Crippen molar-refractivity contribution in [3.63, 3.8) is 0 Å². The molecule has 2 bridgehead atoms. The van der Waals surface area contributed by atoms with Crippen LogP contribution in [0.3, 0.4) is 0 Å². The minimum Gasteiger partial charge on any atom is -0.299 e. The quantitative estimate of drug-likeness (QED) is 0.517. The summed E-state index contributed by atoms with van der Waals surface area (Å²) in [7, 11) is 0. The highest BCUT2D eigenvalue weighted by atomic mass is 16.1. The molecule has 2 atom stereocenters. The molecule has 0 radical (unpaired) electrons. The van der Waals surface area contributed by atoms with Gasteiger partial charge in [0.2, 0.25) is 0 Å². The van der Waals surface area contributed by atoms with Gasteiger partial charge in [0.05, 0.1) is 0 Å². The van der Waals surface area contributed by atoms with Gasteiger partial charge in [-0.25, -0.2) is 0 Å². The van der Waals surface area contributed by atoms with Gasteiger partial charge in [-0.15, -0.1) is 0 Å². The fourth-order valence-electron chi connectivity index (χ4n) is 3.54. The Morgan fingerprint density at radius 3 is 2.45 bits per heavy atom. The summed E-state index contributed by atoms with van der Waals surface area (Å²) in [6, 6.07) is 0. The molecule has 0 aliphatic heterocycles. The Morgan fingerprint density at radius 2 is 2.09 bits per heavy atom. The summed E-state index contributed by atoms with van der Waals surface area (Å²) < 4.78 is 0. The molecular weight excluding hydrogens is 136 g/mol. The number of carbonyl (C=O) groups is 1. The lowest BCUT2D eigenvalue weighted by Gasteiger charge is -2.43. The fourth-order valence-corrected chi connectivity index (χ4v) is 3.54. The van der Waals surface area contributed by atoms with Gasteiger partial charge >= 0.3 is 0 Å². The molecule has 2 unspecified atom stereocenters. The number of rotatable bonds is 0. The van der Waals surface area contributed by atoms with E-state index in [2.05, 4.69) is 0 Å². The molecule has 0 aromatic carbocycles. The van der Waals surface area contributed by atoms with Gasteiger partial charge in [-0.3, -0.25) is 4.79 Å². The average molecular weight is 150 g/mol. The second-order valence-electron chi connectivity index (χ2n) is 4.58. The van der Waals surface area contributed by atoms with E-state index in [1.807, 2.05) is 0 Å². The third kappa shape index (κ3) is 0.533. The van der Waals surface area contributed by atoms with Gasteiger partial charge in [-0.05, 0) is 38.0 Å². The average Bonchev–Trinajstić information content (AvgIpc) is 2.41.